The van der Waals surface area contributed by atoms with Crippen LogP contribution in [0.2, 0.25) is 0 Å². The zero-order valence-electron chi connectivity index (χ0n) is 13.6. The van der Waals surface area contributed by atoms with E-state index in [0.29, 0.717) is 18.8 Å². The van der Waals surface area contributed by atoms with Crippen molar-refractivity contribution >= 4 is 5.91 Å². The molecule has 1 amide bonds. The Bertz CT molecular complexity index is 346. The molecule has 5 heteroatoms. The van der Waals surface area contributed by atoms with Crippen LogP contribution in [0.3, 0.4) is 0 Å². The minimum Gasteiger partial charge on any atom is -0.376 e. The molecule has 1 atom stereocenters. The quantitative estimate of drug-likeness (QED) is 0.775. The highest BCUT2D eigenvalue weighted by atomic mass is 16.5. The molecule has 0 aromatic rings. The fourth-order valence-corrected chi connectivity index (χ4v) is 3.27. The maximum atomic E-state index is 12.1. The van der Waals surface area contributed by atoms with Crippen LogP contribution in [0.5, 0.6) is 0 Å². The second-order valence-corrected chi connectivity index (χ2v) is 6.98. The predicted octanol–water partition coefficient (Wildman–Crippen LogP) is 1.56. The van der Waals surface area contributed by atoms with Crippen LogP contribution in [0.4, 0.5) is 0 Å². The lowest BCUT2D eigenvalue weighted by molar-refractivity contribution is -0.133. The van der Waals surface area contributed by atoms with E-state index in [1.807, 2.05) is 4.90 Å². The standard InChI is InChI=1S/C17H30N2O3/c20-17(12-18-11-14-4-5-14)19-8-6-15(7-9-19)22-13-16-3-1-2-10-21-16/h14-16,18H,1-13H2. The zero-order chi connectivity index (χ0) is 15.2. The van der Waals surface area contributed by atoms with Gasteiger partial charge in [0.1, 0.15) is 0 Å². The maximum absolute atomic E-state index is 12.1. The van der Waals surface area contributed by atoms with Gasteiger partial charge in [-0.25, -0.2) is 0 Å². The lowest BCUT2D eigenvalue weighted by Crippen LogP contribution is -2.45. The Kier molecular flexibility index (Phi) is 6.10. The molecule has 126 valence electrons. The van der Waals surface area contributed by atoms with E-state index in [4.69, 9.17) is 9.47 Å². The van der Waals surface area contributed by atoms with Gasteiger partial charge in [-0.2, -0.15) is 0 Å². The number of ether oxygens (including phenoxy) is 2. The molecular weight excluding hydrogens is 280 g/mol. The van der Waals surface area contributed by atoms with Crippen molar-refractivity contribution in [2.75, 3.05) is 39.4 Å². The molecule has 1 unspecified atom stereocenters. The molecule has 0 radical (unpaired) electrons. The molecule has 22 heavy (non-hydrogen) atoms. The van der Waals surface area contributed by atoms with Crippen LogP contribution in [0.25, 0.3) is 0 Å². The second kappa shape index (κ2) is 8.27. The summed E-state index contributed by atoms with van der Waals surface area (Å²) < 4.78 is 11.7. The Morgan fingerprint density at radius 2 is 1.95 bits per heavy atom. The third-order valence-corrected chi connectivity index (χ3v) is 4.99. The number of hydrogen-bond donors (Lipinski definition) is 1. The smallest absolute Gasteiger partial charge is 0.236 e. The number of likely N-dealkylation sites (tertiary alicyclic amines) is 1. The van der Waals surface area contributed by atoms with Crippen molar-refractivity contribution in [3.8, 4) is 0 Å². The minimum atomic E-state index is 0.245. The summed E-state index contributed by atoms with van der Waals surface area (Å²) in [5.41, 5.74) is 0. The topological polar surface area (TPSA) is 50.8 Å². The van der Waals surface area contributed by atoms with E-state index in [1.165, 1.54) is 25.7 Å². The van der Waals surface area contributed by atoms with Crippen molar-refractivity contribution in [1.29, 1.82) is 0 Å². The van der Waals surface area contributed by atoms with Crippen LogP contribution in [0, 0.1) is 5.92 Å². The van der Waals surface area contributed by atoms with E-state index in [9.17, 15) is 4.79 Å². The van der Waals surface area contributed by atoms with Gasteiger partial charge in [0.2, 0.25) is 5.91 Å². The highest BCUT2D eigenvalue weighted by molar-refractivity contribution is 5.78. The summed E-state index contributed by atoms with van der Waals surface area (Å²) >= 11 is 0. The largest absolute Gasteiger partial charge is 0.376 e. The van der Waals surface area contributed by atoms with Gasteiger partial charge < -0.3 is 19.7 Å². The second-order valence-electron chi connectivity index (χ2n) is 6.98. The minimum absolute atomic E-state index is 0.245. The first-order chi connectivity index (χ1) is 10.8. The fourth-order valence-electron chi connectivity index (χ4n) is 3.27. The number of rotatable bonds is 7. The lowest BCUT2D eigenvalue weighted by Gasteiger charge is -2.33. The number of hydrogen-bond acceptors (Lipinski definition) is 4. The summed E-state index contributed by atoms with van der Waals surface area (Å²) in [5, 5.41) is 3.28. The van der Waals surface area contributed by atoms with Gasteiger partial charge in [0, 0.05) is 19.7 Å². The summed E-state index contributed by atoms with van der Waals surface area (Å²) in [5.74, 6) is 1.07. The lowest BCUT2D eigenvalue weighted by atomic mass is 10.1. The van der Waals surface area contributed by atoms with Crippen molar-refractivity contribution < 1.29 is 14.3 Å². The molecule has 0 spiro atoms. The van der Waals surface area contributed by atoms with Gasteiger partial charge in [-0.15, -0.1) is 0 Å². The van der Waals surface area contributed by atoms with Crippen LogP contribution < -0.4 is 5.32 Å². The monoisotopic (exact) mass is 310 g/mol. The van der Waals surface area contributed by atoms with E-state index < -0.39 is 0 Å². The molecule has 0 aromatic heterocycles. The average Bonchev–Trinajstić information content (AvgIpc) is 3.38. The molecule has 1 N–H and O–H groups in total. The first kappa shape index (κ1) is 16.2. The number of amides is 1. The molecule has 0 bridgehead atoms. The highest BCUT2D eigenvalue weighted by Crippen LogP contribution is 2.27. The molecule has 3 fully saturated rings. The molecule has 2 heterocycles. The maximum Gasteiger partial charge on any atom is 0.236 e. The van der Waals surface area contributed by atoms with Crippen molar-refractivity contribution in [3.63, 3.8) is 0 Å². The summed E-state index contributed by atoms with van der Waals surface area (Å²) in [4.78, 5) is 14.1. The molecule has 0 aromatic carbocycles. The van der Waals surface area contributed by atoms with Crippen LogP contribution in [0.15, 0.2) is 0 Å². The molecule has 2 saturated heterocycles. The summed E-state index contributed by atoms with van der Waals surface area (Å²) in [6.45, 7) is 4.78. The average molecular weight is 310 g/mol. The van der Waals surface area contributed by atoms with E-state index >= 15 is 0 Å². The number of carbonyl (C=O) groups excluding carboxylic acids is 1. The SMILES string of the molecule is O=C(CNCC1CC1)N1CCC(OCC2CCCCO2)CC1. The van der Waals surface area contributed by atoms with Gasteiger partial charge in [-0.05, 0) is 57.4 Å². The Hall–Kier alpha value is -0.650. The first-order valence-corrected chi connectivity index (χ1v) is 9.03. The number of piperidine rings is 1. The fraction of sp³-hybridized carbons (Fsp3) is 0.941. The van der Waals surface area contributed by atoms with Crippen molar-refractivity contribution in [1.82, 2.24) is 10.2 Å². The molecule has 5 nitrogen and oxygen atoms in total. The first-order valence-electron chi connectivity index (χ1n) is 9.03. The van der Waals surface area contributed by atoms with E-state index in [-0.39, 0.29) is 5.91 Å². The highest BCUT2D eigenvalue weighted by Gasteiger charge is 2.25. The number of nitrogens with one attached hydrogen (secondary N) is 1. The van der Waals surface area contributed by atoms with Crippen LogP contribution in [-0.2, 0) is 14.3 Å². The Morgan fingerprint density at radius 3 is 2.64 bits per heavy atom. The molecule has 1 aliphatic carbocycles. The van der Waals surface area contributed by atoms with Gasteiger partial charge in [0.25, 0.3) is 0 Å². The molecule has 2 aliphatic heterocycles. The predicted molar refractivity (Wildman–Crippen MR) is 84.7 cm³/mol. The van der Waals surface area contributed by atoms with Crippen molar-refractivity contribution in [2.24, 2.45) is 5.92 Å². The van der Waals surface area contributed by atoms with Crippen LogP contribution >= 0.6 is 0 Å². The van der Waals surface area contributed by atoms with Gasteiger partial charge in [0.05, 0.1) is 25.4 Å². The zero-order valence-corrected chi connectivity index (χ0v) is 13.6. The Labute approximate surface area is 133 Å². The summed E-state index contributed by atoms with van der Waals surface area (Å²) in [6, 6.07) is 0. The molecule has 1 saturated carbocycles. The van der Waals surface area contributed by atoms with Crippen LogP contribution in [0.1, 0.15) is 44.9 Å². The van der Waals surface area contributed by atoms with E-state index in [1.54, 1.807) is 0 Å². The van der Waals surface area contributed by atoms with Crippen molar-refractivity contribution in [2.45, 2.75) is 57.2 Å². The Balaban J connectivity index is 1.27. The third kappa shape index (κ3) is 5.21. The van der Waals surface area contributed by atoms with Crippen molar-refractivity contribution in [3.05, 3.63) is 0 Å². The van der Waals surface area contributed by atoms with Gasteiger partial charge in [0.15, 0.2) is 0 Å². The Morgan fingerprint density at radius 1 is 1.14 bits per heavy atom. The van der Waals surface area contributed by atoms with E-state index in [2.05, 4.69) is 5.32 Å². The number of carbonyl (C=O) groups is 1. The number of nitrogens with zero attached hydrogens (tertiary/aromatic N) is 1. The molecule has 3 aliphatic rings. The molecule has 3 rings (SSSR count). The summed E-state index contributed by atoms with van der Waals surface area (Å²) in [7, 11) is 0. The molecular formula is C17H30N2O3. The third-order valence-electron chi connectivity index (χ3n) is 4.99. The van der Waals surface area contributed by atoms with Crippen LogP contribution in [-0.4, -0.2) is 62.4 Å². The normalized spacial score (nSPS) is 27.1. The summed E-state index contributed by atoms with van der Waals surface area (Å²) in [6.07, 6.45) is 8.74. The van der Waals surface area contributed by atoms with Gasteiger partial charge in [-0.3, -0.25) is 4.79 Å². The van der Waals surface area contributed by atoms with Gasteiger partial charge in [-0.1, -0.05) is 0 Å². The van der Waals surface area contributed by atoms with Gasteiger partial charge >= 0.3 is 0 Å². The van der Waals surface area contributed by atoms with E-state index in [0.717, 1.165) is 58.0 Å².